The van der Waals surface area contributed by atoms with Crippen LogP contribution in [-0.4, -0.2) is 35.1 Å². The third-order valence-corrected chi connectivity index (χ3v) is 3.75. The molecule has 0 aliphatic rings. The smallest absolute Gasteiger partial charge is 0.0641 e. The van der Waals surface area contributed by atoms with Gasteiger partial charge in [0.1, 0.15) is 0 Å². The molecule has 4 heteroatoms. The molecule has 1 N–H and O–H groups in total. The molecule has 0 aromatic carbocycles. The zero-order valence-electron chi connectivity index (χ0n) is 14.4. The molecule has 1 rings (SSSR count). The summed E-state index contributed by atoms with van der Waals surface area (Å²) in [7, 11) is 0. The van der Waals surface area contributed by atoms with E-state index < -0.39 is 0 Å². The van der Waals surface area contributed by atoms with Crippen molar-refractivity contribution in [2.24, 2.45) is 0 Å². The molecule has 0 spiro atoms. The van der Waals surface area contributed by atoms with Crippen LogP contribution in [0.25, 0.3) is 0 Å². The van der Waals surface area contributed by atoms with Gasteiger partial charge >= 0.3 is 0 Å². The van der Waals surface area contributed by atoms with E-state index in [1.165, 1.54) is 0 Å². The van der Waals surface area contributed by atoms with Crippen LogP contribution in [0, 0.1) is 0 Å². The molecule has 4 nitrogen and oxygen atoms in total. The van der Waals surface area contributed by atoms with E-state index >= 15 is 0 Å². The first-order valence-electron chi connectivity index (χ1n) is 8.49. The summed E-state index contributed by atoms with van der Waals surface area (Å²) in [4.78, 5) is 0. The standard InChI is InChI=1S/C17H33N3O/c1-6-10-18-16(13-21-14(4)5)12-15-9-11-20(19-15)17(7-2)8-3/h9,11,14,16-18H,6-8,10,12-13H2,1-5H3. The predicted octanol–water partition coefficient (Wildman–Crippen LogP) is 3.58. The molecule has 1 aromatic heterocycles. The van der Waals surface area contributed by atoms with Gasteiger partial charge in [-0.3, -0.25) is 4.68 Å². The van der Waals surface area contributed by atoms with Crippen LogP contribution in [0.5, 0.6) is 0 Å². The maximum Gasteiger partial charge on any atom is 0.0641 e. The summed E-state index contributed by atoms with van der Waals surface area (Å²) in [6.45, 7) is 12.6. The van der Waals surface area contributed by atoms with E-state index in [9.17, 15) is 0 Å². The average Bonchev–Trinajstić information content (AvgIpc) is 2.91. The van der Waals surface area contributed by atoms with Crippen LogP contribution in [0.15, 0.2) is 12.3 Å². The lowest BCUT2D eigenvalue weighted by Gasteiger charge is -2.19. The van der Waals surface area contributed by atoms with Crippen molar-refractivity contribution in [2.45, 2.75) is 78.5 Å². The van der Waals surface area contributed by atoms with Crippen molar-refractivity contribution in [3.05, 3.63) is 18.0 Å². The van der Waals surface area contributed by atoms with Gasteiger partial charge in [0.15, 0.2) is 0 Å². The van der Waals surface area contributed by atoms with Crippen molar-refractivity contribution >= 4 is 0 Å². The van der Waals surface area contributed by atoms with E-state index in [4.69, 9.17) is 9.84 Å². The van der Waals surface area contributed by atoms with Crippen LogP contribution < -0.4 is 5.32 Å². The Balaban J connectivity index is 2.60. The number of aromatic nitrogens is 2. The molecule has 1 unspecified atom stereocenters. The predicted molar refractivity (Wildman–Crippen MR) is 88.7 cm³/mol. The molecular weight excluding hydrogens is 262 g/mol. The van der Waals surface area contributed by atoms with Crippen LogP contribution >= 0.6 is 0 Å². The van der Waals surface area contributed by atoms with E-state index in [1.807, 2.05) is 0 Å². The fourth-order valence-corrected chi connectivity index (χ4v) is 2.45. The zero-order valence-corrected chi connectivity index (χ0v) is 14.4. The highest BCUT2D eigenvalue weighted by Gasteiger charge is 2.14. The number of nitrogens with zero attached hydrogens (tertiary/aromatic N) is 2. The molecule has 21 heavy (non-hydrogen) atoms. The number of hydrogen-bond acceptors (Lipinski definition) is 3. The summed E-state index contributed by atoms with van der Waals surface area (Å²) in [5.74, 6) is 0. The summed E-state index contributed by atoms with van der Waals surface area (Å²) >= 11 is 0. The molecule has 0 aliphatic heterocycles. The maximum absolute atomic E-state index is 5.77. The van der Waals surface area contributed by atoms with Crippen molar-refractivity contribution in [3.63, 3.8) is 0 Å². The minimum atomic E-state index is 0.276. The van der Waals surface area contributed by atoms with E-state index in [-0.39, 0.29) is 6.10 Å². The minimum Gasteiger partial charge on any atom is -0.377 e. The molecule has 0 bridgehead atoms. The molecule has 0 saturated heterocycles. The van der Waals surface area contributed by atoms with Crippen molar-refractivity contribution in [1.82, 2.24) is 15.1 Å². The second-order valence-corrected chi connectivity index (χ2v) is 5.99. The fourth-order valence-electron chi connectivity index (χ4n) is 2.45. The van der Waals surface area contributed by atoms with E-state index in [2.05, 4.69) is 56.9 Å². The Kier molecular flexibility index (Phi) is 8.62. The number of hydrogen-bond donors (Lipinski definition) is 1. The highest BCUT2D eigenvalue weighted by Crippen LogP contribution is 2.15. The lowest BCUT2D eigenvalue weighted by Crippen LogP contribution is -2.37. The van der Waals surface area contributed by atoms with Crippen LogP contribution in [0.2, 0.25) is 0 Å². The average molecular weight is 295 g/mol. The normalized spacial score (nSPS) is 13.3. The summed E-state index contributed by atoms with van der Waals surface area (Å²) in [6.07, 6.45) is 6.72. The Hall–Kier alpha value is -0.870. The van der Waals surface area contributed by atoms with Gasteiger partial charge in [-0.15, -0.1) is 0 Å². The van der Waals surface area contributed by atoms with Crippen LogP contribution in [0.1, 0.15) is 65.6 Å². The first kappa shape index (κ1) is 18.2. The molecule has 0 aliphatic carbocycles. The Morgan fingerprint density at radius 2 is 1.95 bits per heavy atom. The van der Waals surface area contributed by atoms with Gasteiger partial charge in [-0.1, -0.05) is 20.8 Å². The molecule has 1 heterocycles. The second-order valence-electron chi connectivity index (χ2n) is 5.99. The van der Waals surface area contributed by atoms with E-state index in [1.54, 1.807) is 0 Å². The summed E-state index contributed by atoms with van der Waals surface area (Å²) in [6, 6.07) is 3.01. The SMILES string of the molecule is CCCNC(COC(C)C)Cc1ccn(C(CC)CC)n1. The Morgan fingerprint density at radius 3 is 2.52 bits per heavy atom. The van der Waals surface area contributed by atoms with Crippen LogP contribution in [-0.2, 0) is 11.2 Å². The van der Waals surface area contributed by atoms with Gasteiger partial charge in [-0.25, -0.2) is 0 Å². The van der Waals surface area contributed by atoms with E-state index in [0.717, 1.165) is 44.5 Å². The molecule has 0 radical (unpaired) electrons. The largest absolute Gasteiger partial charge is 0.377 e. The summed E-state index contributed by atoms with van der Waals surface area (Å²) in [5, 5.41) is 8.31. The lowest BCUT2D eigenvalue weighted by atomic mass is 10.1. The van der Waals surface area contributed by atoms with Gasteiger partial charge in [-0.05, 0) is 45.7 Å². The number of rotatable bonds is 11. The highest BCUT2D eigenvalue weighted by atomic mass is 16.5. The number of ether oxygens (including phenoxy) is 1. The van der Waals surface area contributed by atoms with Crippen molar-refractivity contribution in [3.8, 4) is 0 Å². The molecule has 0 amide bonds. The van der Waals surface area contributed by atoms with Gasteiger partial charge in [0.2, 0.25) is 0 Å². The molecule has 1 aromatic rings. The first-order valence-corrected chi connectivity index (χ1v) is 8.49. The minimum absolute atomic E-state index is 0.276. The Labute approximate surface area is 130 Å². The molecule has 0 fully saturated rings. The van der Waals surface area contributed by atoms with Crippen LogP contribution in [0.4, 0.5) is 0 Å². The van der Waals surface area contributed by atoms with Gasteiger partial charge < -0.3 is 10.1 Å². The zero-order chi connectivity index (χ0) is 15.7. The van der Waals surface area contributed by atoms with Crippen molar-refractivity contribution < 1.29 is 4.74 Å². The highest BCUT2D eigenvalue weighted by molar-refractivity contribution is 5.02. The monoisotopic (exact) mass is 295 g/mol. The topological polar surface area (TPSA) is 39.1 Å². The molecule has 122 valence electrons. The van der Waals surface area contributed by atoms with Gasteiger partial charge in [0.25, 0.3) is 0 Å². The van der Waals surface area contributed by atoms with Crippen LogP contribution in [0.3, 0.4) is 0 Å². The van der Waals surface area contributed by atoms with Crippen molar-refractivity contribution in [1.29, 1.82) is 0 Å². The van der Waals surface area contributed by atoms with E-state index in [0.29, 0.717) is 12.1 Å². The fraction of sp³-hybridized carbons (Fsp3) is 0.824. The maximum atomic E-state index is 5.77. The Morgan fingerprint density at radius 1 is 1.24 bits per heavy atom. The van der Waals surface area contributed by atoms with Gasteiger partial charge in [0.05, 0.1) is 24.4 Å². The Bertz CT molecular complexity index is 372. The molecule has 0 saturated carbocycles. The van der Waals surface area contributed by atoms with Crippen molar-refractivity contribution in [2.75, 3.05) is 13.2 Å². The third kappa shape index (κ3) is 6.62. The number of nitrogens with one attached hydrogen (secondary N) is 1. The first-order chi connectivity index (χ1) is 10.1. The summed E-state index contributed by atoms with van der Waals surface area (Å²) < 4.78 is 7.89. The van der Waals surface area contributed by atoms with Gasteiger partial charge in [-0.2, -0.15) is 5.10 Å². The second kappa shape index (κ2) is 9.96. The quantitative estimate of drug-likeness (QED) is 0.678. The third-order valence-electron chi connectivity index (χ3n) is 3.75. The van der Waals surface area contributed by atoms with Gasteiger partial charge in [0, 0.05) is 18.7 Å². The lowest BCUT2D eigenvalue weighted by molar-refractivity contribution is 0.0611. The summed E-state index contributed by atoms with van der Waals surface area (Å²) in [5.41, 5.74) is 1.16. The molecule has 1 atom stereocenters. The molecular formula is C17H33N3O.